The molecule has 6 heteroatoms. The van der Waals surface area contributed by atoms with Crippen LogP contribution in [0.3, 0.4) is 0 Å². The molecule has 0 bridgehead atoms. The molecule has 0 aliphatic heterocycles. The second-order valence-corrected chi connectivity index (χ2v) is 4.83. The van der Waals surface area contributed by atoms with Crippen molar-refractivity contribution in [2.24, 2.45) is 5.73 Å². The van der Waals surface area contributed by atoms with Crippen molar-refractivity contribution in [1.82, 2.24) is 0 Å². The summed E-state index contributed by atoms with van der Waals surface area (Å²) in [7, 11) is 0. The molecule has 5 nitrogen and oxygen atoms in total. The Labute approximate surface area is 112 Å². The predicted octanol–water partition coefficient (Wildman–Crippen LogP) is 1.73. The minimum Gasteiger partial charge on any atom is -0.398 e. The van der Waals surface area contributed by atoms with Crippen molar-refractivity contribution >= 4 is 17.3 Å². The molecule has 0 radical (unpaired) electrons. The van der Waals surface area contributed by atoms with E-state index >= 15 is 0 Å². The van der Waals surface area contributed by atoms with Crippen LogP contribution in [-0.4, -0.2) is 24.7 Å². The van der Waals surface area contributed by atoms with Gasteiger partial charge >= 0.3 is 0 Å². The molecular formula is C13H20FN3O2. The zero-order valence-electron chi connectivity index (χ0n) is 11.4. The van der Waals surface area contributed by atoms with E-state index in [0.29, 0.717) is 13.2 Å². The van der Waals surface area contributed by atoms with Crippen molar-refractivity contribution in [2.45, 2.75) is 26.4 Å². The van der Waals surface area contributed by atoms with E-state index in [2.05, 4.69) is 5.32 Å². The number of nitrogens with two attached hydrogens (primary N) is 2. The molecule has 1 amide bonds. The number of amides is 1. The highest BCUT2D eigenvalue weighted by Gasteiger charge is 2.19. The molecule has 0 heterocycles. The number of hydrogen-bond donors (Lipinski definition) is 3. The predicted molar refractivity (Wildman–Crippen MR) is 73.5 cm³/mol. The van der Waals surface area contributed by atoms with E-state index in [-0.39, 0.29) is 16.9 Å². The minimum absolute atomic E-state index is 0.0274. The molecule has 0 fully saturated rings. The van der Waals surface area contributed by atoms with Gasteiger partial charge in [0.15, 0.2) is 0 Å². The standard InChI is InChI=1S/C13H20FN3O2/c1-4-19-13(2,3)7-17-11-5-8(12(16)18)10(15)6-9(11)14/h5-6,17H,4,7,15H2,1-3H3,(H2,16,18). The third-order valence-corrected chi connectivity index (χ3v) is 2.64. The van der Waals surface area contributed by atoms with Crippen LogP contribution >= 0.6 is 0 Å². The van der Waals surface area contributed by atoms with E-state index in [0.717, 1.165) is 6.07 Å². The van der Waals surface area contributed by atoms with Gasteiger partial charge in [0.1, 0.15) is 5.82 Å². The summed E-state index contributed by atoms with van der Waals surface area (Å²) in [6.45, 7) is 6.60. The second kappa shape index (κ2) is 5.88. The first-order valence-electron chi connectivity index (χ1n) is 6.03. The van der Waals surface area contributed by atoms with E-state index in [1.807, 2.05) is 20.8 Å². The van der Waals surface area contributed by atoms with Gasteiger partial charge in [-0.25, -0.2) is 4.39 Å². The average Bonchev–Trinajstić information content (AvgIpc) is 2.27. The smallest absolute Gasteiger partial charge is 0.250 e. The summed E-state index contributed by atoms with van der Waals surface area (Å²) in [6.07, 6.45) is 0. The maximum atomic E-state index is 13.7. The lowest BCUT2D eigenvalue weighted by molar-refractivity contribution is 0.000662. The van der Waals surface area contributed by atoms with Crippen LogP contribution in [0, 0.1) is 5.82 Å². The highest BCUT2D eigenvalue weighted by Crippen LogP contribution is 2.23. The lowest BCUT2D eigenvalue weighted by Gasteiger charge is -2.25. The van der Waals surface area contributed by atoms with Gasteiger partial charge in [0.05, 0.1) is 16.9 Å². The first-order chi connectivity index (χ1) is 8.76. The summed E-state index contributed by atoms with van der Waals surface area (Å²) in [4.78, 5) is 11.2. The number of benzene rings is 1. The van der Waals surface area contributed by atoms with Crippen molar-refractivity contribution in [2.75, 3.05) is 24.2 Å². The van der Waals surface area contributed by atoms with Crippen molar-refractivity contribution in [3.05, 3.63) is 23.5 Å². The second-order valence-electron chi connectivity index (χ2n) is 4.83. The van der Waals surface area contributed by atoms with Crippen LogP contribution in [-0.2, 0) is 4.74 Å². The lowest BCUT2D eigenvalue weighted by Crippen LogP contribution is -2.33. The molecule has 0 spiro atoms. The average molecular weight is 269 g/mol. The number of anilines is 2. The van der Waals surface area contributed by atoms with E-state index < -0.39 is 17.3 Å². The number of primary amides is 1. The Morgan fingerprint density at radius 2 is 2.11 bits per heavy atom. The molecule has 0 unspecified atom stereocenters. The van der Waals surface area contributed by atoms with Crippen molar-refractivity contribution < 1.29 is 13.9 Å². The van der Waals surface area contributed by atoms with E-state index in [1.165, 1.54) is 6.07 Å². The van der Waals surface area contributed by atoms with Crippen LogP contribution in [0.5, 0.6) is 0 Å². The number of carbonyl (C=O) groups excluding carboxylic acids is 1. The molecule has 1 aromatic rings. The molecule has 106 valence electrons. The first kappa shape index (κ1) is 15.2. The number of nitrogens with one attached hydrogen (secondary N) is 1. The summed E-state index contributed by atoms with van der Waals surface area (Å²) in [5.74, 6) is -1.22. The Balaban J connectivity index is 2.90. The minimum atomic E-state index is -0.690. The molecule has 0 aliphatic carbocycles. The summed E-state index contributed by atoms with van der Waals surface area (Å²) in [6, 6.07) is 2.39. The summed E-state index contributed by atoms with van der Waals surface area (Å²) in [5.41, 5.74) is 10.5. The third kappa shape index (κ3) is 4.10. The molecule has 0 saturated heterocycles. The fourth-order valence-corrected chi connectivity index (χ4v) is 1.69. The normalized spacial score (nSPS) is 11.4. The van der Waals surface area contributed by atoms with Crippen LogP contribution in [0.15, 0.2) is 12.1 Å². The molecule has 1 aromatic carbocycles. The first-order valence-corrected chi connectivity index (χ1v) is 6.03. The van der Waals surface area contributed by atoms with Crippen LogP contribution in [0.2, 0.25) is 0 Å². The molecule has 1 rings (SSSR count). The monoisotopic (exact) mass is 269 g/mol. The summed E-state index contributed by atoms with van der Waals surface area (Å²) < 4.78 is 19.2. The molecule has 5 N–H and O–H groups in total. The maximum Gasteiger partial charge on any atom is 0.250 e. The Hall–Kier alpha value is -1.82. The van der Waals surface area contributed by atoms with Crippen molar-refractivity contribution in [3.8, 4) is 0 Å². The molecule has 0 atom stereocenters. The van der Waals surface area contributed by atoms with Gasteiger partial charge in [-0.15, -0.1) is 0 Å². The van der Waals surface area contributed by atoms with Gasteiger partial charge in [0, 0.05) is 18.8 Å². The molecule has 0 aliphatic rings. The number of hydrogen-bond acceptors (Lipinski definition) is 4. The van der Waals surface area contributed by atoms with E-state index in [4.69, 9.17) is 16.2 Å². The Morgan fingerprint density at radius 3 is 2.63 bits per heavy atom. The number of nitrogen functional groups attached to an aromatic ring is 1. The van der Waals surface area contributed by atoms with Crippen LogP contribution in [0.1, 0.15) is 31.1 Å². The van der Waals surface area contributed by atoms with Gasteiger partial charge < -0.3 is 21.5 Å². The highest BCUT2D eigenvalue weighted by atomic mass is 19.1. The largest absolute Gasteiger partial charge is 0.398 e. The van der Waals surface area contributed by atoms with Gasteiger partial charge in [-0.1, -0.05) is 0 Å². The van der Waals surface area contributed by atoms with E-state index in [9.17, 15) is 9.18 Å². The zero-order valence-corrected chi connectivity index (χ0v) is 11.4. The van der Waals surface area contributed by atoms with Gasteiger partial charge in [-0.2, -0.15) is 0 Å². The molecule has 0 saturated carbocycles. The number of rotatable bonds is 6. The molecule has 19 heavy (non-hydrogen) atoms. The number of ether oxygens (including phenoxy) is 1. The Kier molecular flexibility index (Phi) is 4.72. The third-order valence-electron chi connectivity index (χ3n) is 2.64. The number of halogens is 1. The SMILES string of the molecule is CCOC(C)(C)CNc1cc(C(N)=O)c(N)cc1F. The fourth-order valence-electron chi connectivity index (χ4n) is 1.69. The number of carbonyl (C=O) groups is 1. The lowest BCUT2D eigenvalue weighted by atomic mass is 10.1. The maximum absolute atomic E-state index is 13.7. The Morgan fingerprint density at radius 1 is 1.47 bits per heavy atom. The fraction of sp³-hybridized carbons (Fsp3) is 0.462. The molecular weight excluding hydrogens is 249 g/mol. The van der Waals surface area contributed by atoms with Crippen molar-refractivity contribution in [3.63, 3.8) is 0 Å². The van der Waals surface area contributed by atoms with Crippen LogP contribution < -0.4 is 16.8 Å². The quantitative estimate of drug-likeness (QED) is 0.686. The topological polar surface area (TPSA) is 90.4 Å². The summed E-state index contributed by atoms with van der Waals surface area (Å²) in [5, 5.41) is 2.90. The van der Waals surface area contributed by atoms with Gasteiger partial charge in [-0.05, 0) is 32.9 Å². The van der Waals surface area contributed by atoms with Gasteiger partial charge in [-0.3, -0.25) is 4.79 Å². The van der Waals surface area contributed by atoms with Crippen molar-refractivity contribution in [1.29, 1.82) is 0 Å². The molecule has 0 aromatic heterocycles. The van der Waals surface area contributed by atoms with Crippen LogP contribution in [0.25, 0.3) is 0 Å². The highest BCUT2D eigenvalue weighted by molar-refractivity contribution is 5.99. The Bertz CT molecular complexity index is 475. The van der Waals surface area contributed by atoms with E-state index in [1.54, 1.807) is 0 Å². The van der Waals surface area contributed by atoms with Gasteiger partial charge in [0.25, 0.3) is 5.91 Å². The van der Waals surface area contributed by atoms with Gasteiger partial charge in [0.2, 0.25) is 0 Å². The zero-order chi connectivity index (χ0) is 14.6. The van der Waals surface area contributed by atoms with Crippen LogP contribution in [0.4, 0.5) is 15.8 Å². The summed E-state index contributed by atoms with van der Waals surface area (Å²) >= 11 is 0.